The van der Waals surface area contributed by atoms with Crippen molar-refractivity contribution in [3.63, 3.8) is 0 Å². The van der Waals surface area contributed by atoms with Crippen LogP contribution in [0.4, 0.5) is 4.39 Å². The van der Waals surface area contributed by atoms with Gasteiger partial charge in [-0.1, -0.05) is 0 Å². The third kappa shape index (κ3) is 3.37. The fourth-order valence-corrected chi connectivity index (χ4v) is 3.40. The number of carbonyl (C=O) groups is 1. The molecule has 0 amide bonds. The fraction of sp³-hybridized carbons (Fsp3) is 0.412. The first kappa shape index (κ1) is 17.1. The second-order valence-corrected chi connectivity index (χ2v) is 6.31. The number of hydrogen-bond donors (Lipinski definition) is 0. The Labute approximate surface area is 147 Å². The van der Waals surface area contributed by atoms with Crippen LogP contribution in [0.1, 0.15) is 38.0 Å². The highest BCUT2D eigenvalue weighted by Gasteiger charge is 2.21. The van der Waals surface area contributed by atoms with Crippen molar-refractivity contribution in [1.82, 2.24) is 9.78 Å². The first-order chi connectivity index (χ1) is 11.6. The largest absolute Gasteiger partial charge is 0.463 e. The third-order valence-electron chi connectivity index (χ3n) is 3.93. The monoisotopic (exact) mass is 396 g/mol. The molecule has 1 aromatic heterocycles. The van der Waals surface area contributed by atoms with Gasteiger partial charge in [-0.05, 0) is 48.2 Å². The zero-order chi connectivity index (χ0) is 17.1. The number of fused-ring (bicyclic) bond motifs is 1. The number of rotatable bonds is 4. The molecule has 1 aromatic carbocycles. The van der Waals surface area contributed by atoms with Gasteiger partial charge < -0.3 is 9.47 Å². The average molecular weight is 397 g/mol. The van der Waals surface area contributed by atoms with Crippen LogP contribution in [0, 0.1) is 5.82 Å². The molecule has 2 aromatic rings. The normalized spacial score (nSPS) is 18.4. The molecule has 128 valence electrons. The molecule has 0 aliphatic carbocycles. The van der Waals surface area contributed by atoms with E-state index in [4.69, 9.17) is 9.47 Å². The zero-order valence-corrected chi connectivity index (χ0v) is 14.9. The lowest BCUT2D eigenvalue weighted by molar-refractivity contribution is -0.137. The molecule has 0 N–H and O–H groups in total. The van der Waals surface area contributed by atoms with Crippen molar-refractivity contribution in [3.05, 3.63) is 34.2 Å². The van der Waals surface area contributed by atoms with Crippen LogP contribution >= 0.6 is 15.9 Å². The maximum absolute atomic E-state index is 14.5. The summed E-state index contributed by atoms with van der Waals surface area (Å²) in [5, 5.41) is 5.14. The Morgan fingerprint density at radius 2 is 2.42 bits per heavy atom. The number of benzene rings is 1. The topological polar surface area (TPSA) is 53.3 Å². The van der Waals surface area contributed by atoms with E-state index in [0.29, 0.717) is 22.2 Å². The van der Waals surface area contributed by atoms with Crippen LogP contribution in [-0.2, 0) is 14.3 Å². The Bertz CT molecular complexity index is 782. The smallest absolute Gasteiger partial charge is 0.330 e. The Morgan fingerprint density at radius 1 is 1.58 bits per heavy atom. The molecule has 1 saturated heterocycles. The van der Waals surface area contributed by atoms with Crippen LogP contribution in [0.25, 0.3) is 17.0 Å². The molecular weight excluding hydrogens is 379 g/mol. The van der Waals surface area contributed by atoms with Crippen molar-refractivity contribution in [2.24, 2.45) is 0 Å². The van der Waals surface area contributed by atoms with Gasteiger partial charge in [-0.15, -0.1) is 0 Å². The molecule has 0 bridgehead atoms. The van der Waals surface area contributed by atoms with Gasteiger partial charge in [-0.3, -0.25) is 0 Å². The van der Waals surface area contributed by atoms with E-state index in [1.807, 2.05) is 0 Å². The number of nitrogens with zero attached hydrogens (tertiary/aromatic N) is 2. The van der Waals surface area contributed by atoms with E-state index in [9.17, 15) is 9.18 Å². The summed E-state index contributed by atoms with van der Waals surface area (Å²) >= 11 is 3.42. The van der Waals surface area contributed by atoms with Gasteiger partial charge in [0.25, 0.3) is 0 Å². The van der Waals surface area contributed by atoms with Gasteiger partial charge in [0.05, 0.1) is 18.3 Å². The van der Waals surface area contributed by atoms with Gasteiger partial charge in [-0.25, -0.2) is 13.9 Å². The minimum absolute atomic E-state index is 0.163. The summed E-state index contributed by atoms with van der Waals surface area (Å²) in [5.74, 6) is -0.942. The van der Waals surface area contributed by atoms with E-state index in [1.54, 1.807) is 17.8 Å². The molecule has 5 nitrogen and oxygen atoms in total. The van der Waals surface area contributed by atoms with Crippen LogP contribution in [0.5, 0.6) is 0 Å². The van der Waals surface area contributed by atoms with Crippen LogP contribution in [0.3, 0.4) is 0 Å². The molecule has 0 spiro atoms. The SMILES string of the molecule is CCOC(=O)/C=C/c1c(F)cc2c(cnn2C2CCCCO2)c1Br. The lowest BCUT2D eigenvalue weighted by Crippen LogP contribution is -2.19. The van der Waals surface area contributed by atoms with Gasteiger partial charge in [0.15, 0.2) is 6.23 Å². The highest BCUT2D eigenvalue weighted by atomic mass is 79.9. The molecule has 0 saturated carbocycles. The molecule has 24 heavy (non-hydrogen) atoms. The number of aromatic nitrogens is 2. The van der Waals surface area contributed by atoms with Gasteiger partial charge in [0.1, 0.15) is 5.82 Å². The Hall–Kier alpha value is -1.73. The number of ether oxygens (including phenoxy) is 2. The van der Waals surface area contributed by atoms with Crippen LogP contribution in [-0.4, -0.2) is 29.0 Å². The molecule has 7 heteroatoms. The number of esters is 1. The molecule has 3 rings (SSSR count). The van der Waals surface area contributed by atoms with Crippen molar-refractivity contribution in [2.75, 3.05) is 13.2 Å². The molecule has 1 fully saturated rings. The van der Waals surface area contributed by atoms with E-state index in [-0.39, 0.29) is 12.8 Å². The van der Waals surface area contributed by atoms with Crippen LogP contribution in [0.2, 0.25) is 0 Å². The third-order valence-corrected chi connectivity index (χ3v) is 4.78. The maximum Gasteiger partial charge on any atom is 0.330 e. The van der Waals surface area contributed by atoms with Gasteiger partial charge in [0, 0.05) is 34.2 Å². The molecule has 0 radical (unpaired) electrons. The van der Waals surface area contributed by atoms with Gasteiger partial charge in [0.2, 0.25) is 0 Å². The summed E-state index contributed by atoms with van der Waals surface area (Å²) in [4.78, 5) is 11.4. The van der Waals surface area contributed by atoms with Crippen LogP contribution < -0.4 is 0 Å². The van der Waals surface area contributed by atoms with E-state index >= 15 is 0 Å². The molecular formula is C17H18BrFN2O3. The fourth-order valence-electron chi connectivity index (χ4n) is 2.77. The van der Waals surface area contributed by atoms with Crippen molar-refractivity contribution < 1.29 is 18.7 Å². The lowest BCUT2D eigenvalue weighted by Gasteiger charge is -2.23. The number of hydrogen-bond acceptors (Lipinski definition) is 4. The van der Waals surface area contributed by atoms with Crippen molar-refractivity contribution in [3.8, 4) is 0 Å². The predicted molar refractivity (Wildman–Crippen MR) is 91.9 cm³/mol. The summed E-state index contributed by atoms with van der Waals surface area (Å²) in [5.41, 5.74) is 0.958. The van der Waals surface area contributed by atoms with Crippen molar-refractivity contribution >= 4 is 38.9 Å². The Morgan fingerprint density at radius 3 is 3.12 bits per heavy atom. The summed E-state index contributed by atoms with van der Waals surface area (Å²) < 4.78 is 27.4. The van der Waals surface area contributed by atoms with E-state index in [1.165, 1.54) is 18.2 Å². The summed E-state index contributed by atoms with van der Waals surface area (Å²) in [6.07, 6.45) is 7.10. The standard InChI is InChI=1S/C17H18BrFN2O3/c1-2-23-16(22)7-6-11-13(19)9-14-12(17(11)18)10-20-21(14)15-5-3-4-8-24-15/h6-7,9-10,15H,2-5,8H2,1H3/b7-6+. The summed E-state index contributed by atoms with van der Waals surface area (Å²) in [6, 6.07) is 1.43. The molecule has 1 aliphatic rings. The van der Waals surface area contributed by atoms with E-state index in [0.717, 1.165) is 24.6 Å². The van der Waals surface area contributed by atoms with E-state index in [2.05, 4.69) is 21.0 Å². The van der Waals surface area contributed by atoms with Crippen molar-refractivity contribution in [2.45, 2.75) is 32.4 Å². The minimum atomic E-state index is -0.504. The summed E-state index contributed by atoms with van der Waals surface area (Å²) in [7, 11) is 0. The van der Waals surface area contributed by atoms with Gasteiger partial charge in [-0.2, -0.15) is 5.10 Å². The zero-order valence-electron chi connectivity index (χ0n) is 13.3. The number of halogens is 2. The Balaban J connectivity index is 1.97. The molecule has 1 atom stereocenters. The minimum Gasteiger partial charge on any atom is -0.463 e. The van der Waals surface area contributed by atoms with Crippen LogP contribution in [0.15, 0.2) is 22.8 Å². The first-order valence-corrected chi connectivity index (χ1v) is 8.72. The summed E-state index contributed by atoms with van der Waals surface area (Å²) in [6.45, 7) is 2.69. The molecule has 2 heterocycles. The molecule has 1 aliphatic heterocycles. The van der Waals surface area contributed by atoms with E-state index < -0.39 is 11.8 Å². The predicted octanol–water partition coefficient (Wildman–Crippen LogP) is 4.21. The van der Waals surface area contributed by atoms with Crippen molar-refractivity contribution in [1.29, 1.82) is 0 Å². The van der Waals surface area contributed by atoms with Gasteiger partial charge >= 0.3 is 5.97 Å². The second-order valence-electron chi connectivity index (χ2n) is 5.51. The maximum atomic E-state index is 14.5. The first-order valence-electron chi connectivity index (χ1n) is 7.93. The number of carbonyl (C=O) groups excluding carboxylic acids is 1. The highest BCUT2D eigenvalue weighted by Crippen LogP contribution is 2.34. The average Bonchev–Trinajstić information content (AvgIpc) is 2.99. The molecule has 1 unspecified atom stereocenters. The highest BCUT2D eigenvalue weighted by molar-refractivity contribution is 9.10. The quantitative estimate of drug-likeness (QED) is 0.573. The second kappa shape index (κ2) is 7.44. The lowest BCUT2D eigenvalue weighted by atomic mass is 10.1. The Kier molecular flexibility index (Phi) is 5.30.